The van der Waals surface area contributed by atoms with E-state index < -0.39 is 0 Å². The molecule has 0 atom stereocenters. The molecule has 3 nitrogen and oxygen atoms in total. The molecule has 0 aliphatic rings. The Morgan fingerprint density at radius 1 is 0.913 bits per heavy atom. The lowest BCUT2D eigenvalue weighted by molar-refractivity contribution is 0.0956. The standard InChI is InChI=1S/C19H15ClN2O/c1-13(15-9-4-5-12-18(15)20)21-22-19(23)17-11-6-8-14-7-2-3-10-16(14)17/h2-12H,1H3,(H,22,23). The van der Waals surface area contributed by atoms with E-state index in [0.717, 1.165) is 16.3 Å². The molecular formula is C19H15ClN2O. The molecule has 0 heterocycles. The Balaban J connectivity index is 1.87. The fourth-order valence-corrected chi connectivity index (χ4v) is 2.71. The highest BCUT2D eigenvalue weighted by atomic mass is 35.5. The number of rotatable bonds is 3. The number of carbonyl (C=O) groups is 1. The average Bonchev–Trinajstić information content (AvgIpc) is 2.59. The van der Waals surface area contributed by atoms with Crippen LogP contribution >= 0.6 is 11.6 Å². The Hall–Kier alpha value is -2.65. The van der Waals surface area contributed by atoms with E-state index >= 15 is 0 Å². The third kappa shape index (κ3) is 3.25. The molecule has 0 saturated carbocycles. The van der Waals surface area contributed by atoms with Crippen LogP contribution in [0, 0.1) is 0 Å². The molecule has 0 radical (unpaired) electrons. The van der Waals surface area contributed by atoms with Crippen LogP contribution in [0.2, 0.25) is 5.02 Å². The number of nitrogens with zero attached hydrogens (tertiary/aromatic N) is 1. The number of fused-ring (bicyclic) bond motifs is 1. The van der Waals surface area contributed by atoms with Crippen molar-refractivity contribution in [1.82, 2.24) is 5.43 Å². The van der Waals surface area contributed by atoms with Gasteiger partial charge in [-0.3, -0.25) is 4.79 Å². The summed E-state index contributed by atoms with van der Waals surface area (Å²) in [5.41, 5.74) is 4.66. The quantitative estimate of drug-likeness (QED) is 0.553. The predicted octanol–water partition coefficient (Wildman–Crippen LogP) is 4.65. The van der Waals surface area contributed by atoms with Gasteiger partial charge >= 0.3 is 0 Å². The summed E-state index contributed by atoms with van der Waals surface area (Å²) in [7, 11) is 0. The first-order valence-corrected chi connectivity index (χ1v) is 7.62. The third-order valence-corrected chi connectivity index (χ3v) is 3.95. The molecule has 23 heavy (non-hydrogen) atoms. The van der Waals surface area contributed by atoms with Crippen LogP contribution in [-0.2, 0) is 0 Å². The predicted molar refractivity (Wildman–Crippen MR) is 95.1 cm³/mol. The number of benzene rings is 3. The number of hydrogen-bond acceptors (Lipinski definition) is 2. The van der Waals surface area contributed by atoms with Crippen molar-refractivity contribution >= 4 is 34.0 Å². The van der Waals surface area contributed by atoms with E-state index in [0.29, 0.717) is 16.3 Å². The van der Waals surface area contributed by atoms with Gasteiger partial charge in [-0.1, -0.05) is 66.2 Å². The van der Waals surface area contributed by atoms with Crippen LogP contribution in [0.5, 0.6) is 0 Å². The molecular weight excluding hydrogens is 308 g/mol. The number of nitrogens with one attached hydrogen (secondary N) is 1. The lowest BCUT2D eigenvalue weighted by Gasteiger charge is -2.07. The highest BCUT2D eigenvalue weighted by Crippen LogP contribution is 2.19. The van der Waals surface area contributed by atoms with Gasteiger partial charge in [0.25, 0.3) is 5.91 Å². The van der Waals surface area contributed by atoms with Crippen LogP contribution in [0.4, 0.5) is 0 Å². The molecule has 1 amide bonds. The zero-order valence-electron chi connectivity index (χ0n) is 12.6. The van der Waals surface area contributed by atoms with Crippen molar-refractivity contribution in [2.75, 3.05) is 0 Å². The zero-order valence-corrected chi connectivity index (χ0v) is 13.3. The van der Waals surface area contributed by atoms with Gasteiger partial charge < -0.3 is 0 Å². The molecule has 3 aromatic carbocycles. The summed E-state index contributed by atoms with van der Waals surface area (Å²) < 4.78 is 0. The van der Waals surface area contributed by atoms with Crippen molar-refractivity contribution < 1.29 is 4.79 Å². The Morgan fingerprint density at radius 3 is 2.39 bits per heavy atom. The van der Waals surface area contributed by atoms with Crippen LogP contribution in [0.3, 0.4) is 0 Å². The van der Waals surface area contributed by atoms with Crippen molar-refractivity contribution in [3.8, 4) is 0 Å². The van der Waals surface area contributed by atoms with Gasteiger partial charge in [-0.05, 0) is 29.8 Å². The van der Waals surface area contributed by atoms with Crippen molar-refractivity contribution in [1.29, 1.82) is 0 Å². The first-order valence-electron chi connectivity index (χ1n) is 7.24. The van der Waals surface area contributed by atoms with E-state index in [2.05, 4.69) is 10.5 Å². The molecule has 3 aromatic rings. The highest BCUT2D eigenvalue weighted by molar-refractivity contribution is 6.34. The molecule has 1 N–H and O–H groups in total. The SMILES string of the molecule is CC(=NNC(=O)c1cccc2ccccc12)c1ccccc1Cl. The van der Waals surface area contributed by atoms with Gasteiger partial charge in [0.1, 0.15) is 0 Å². The lowest BCUT2D eigenvalue weighted by atomic mass is 10.0. The third-order valence-electron chi connectivity index (χ3n) is 3.62. The Bertz CT molecular complexity index is 897. The molecule has 0 unspecified atom stereocenters. The summed E-state index contributed by atoms with van der Waals surface area (Å²) in [5.74, 6) is -0.242. The summed E-state index contributed by atoms with van der Waals surface area (Å²) in [6.07, 6.45) is 0. The minimum atomic E-state index is -0.242. The first kappa shape index (κ1) is 15.3. The largest absolute Gasteiger partial charge is 0.272 e. The fraction of sp³-hybridized carbons (Fsp3) is 0.0526. The number of hydrazone groups is 1. The van der Waals surface area contributed by atoms with Gasteiger partial charge in [0.15, 0.2) is 0 Å². The smallest absolute Gasteiger partial charge is 0.267 e. The molecule has 0 saturated heterocycles. The maximum atomic E-state index is 12.4. The van der Waals surface area contributed by atoms with Gasteiger partial charge in [0.05, 0.1) is 5.71 Å². The topological polar surface area (TPSA) is 41.5 Å². The number of hydrogen-bond donors (Lipinski definition) is 1. The maximum absolute atomic E-state index is 12.4. The highest BCUT2D eigenvalue weighted by Gasteiger charge is 2.09. The van der Waals surface area contributed by atoms with Crippen LogP contribution in [-0.4, -0.2) is 11.6 Å². The van der Waals surface area contributed by atoms with E-state index in [1.165, 1.54) is 0 Å². The summed E-state index contributed by atoms with van der Waals surface area (Å²) >= 11 is 6.14. The van der Waals surface area contributed by atoms with E-state index in [1.807, 2.05) is 61.5 Å². The summed E-state index contributed by atoms with van der Waals surface area (Å²) in [6.45, 7) is 1.81. The Labute approximate surface area is 139 Å². The second-order valence-electron chi connectivity index (χ2n) is 5.14. The minimum absolute atomic E-state index is 0.242. The molecule has 114 valence electrons. The van der Waals surface area contributed by atoms with Crippen molar-refractivity contribution in [3.63, 3.8) is 0 Å². The average molecular weight is 323 g/mol. The summed E-state index contributed by atoms with van der Waals surface area (Å²) in [5, 5.41) is 6.70. The fourth-order valence-electron chi connectivity index (χ4n) is 2.43. The normalized spacial score (nSPS) is 11.5. The second kappa shape index (κ2) is 6.63. The summed E-state index contributed by atoms with van der Waals surface area (Å²) in [6, 6.07) is 20.8. The lowest BCUT2D eigenvalue weighted by Crippen LogP contribution is -2.19. The minimum Gasteiger partial charge on any atom is -0.267 e. The van der Waals surface area contributed by atoms with Crippen LogP contribution in [0.25, 0.3) is 10.8 Å². The van der Waals surface area contributed by atoms with E-state index in [4.69, 9.17) is 11.6 Å². The van der Waals surface area contributed by atoms with Crippen LogP contribution in [0.15, 0.2) is 71.8 Å². The zero-order chi connectivity index (χ0) is 16.2. The van der Waals surface area contributed by atoms with Crippen molar-refractivity contribution in [2.24, 2.45) is 5.10 Å². The molecule has 0 spiro atoms. The molecule has 0 aliphatic heterocycles. The van der Waals surface area contributed by atoms with Gasteiger partial charge in [-0.25, -0.2) is 5.43 Å². The van der Waals surface area contributed by atoms with Gasteiger partial charge in [0.2, 0.25) is 0 Å². The van der Waals surface area contributed by atoms with E-state index in [1.54, 1.807) is 12.1 Å². The number of carbonyl (C=O) groups excluding carboxylic acids is 1. The first-order chi connectivity index (χ1) is 11.2. The maximum Gasteiger partial charge on any atom is 0.272 e. The Kier molecular flexibility index (Phi) is 4.40. The molecule has 3 rings (SSSR count). The van der Waals surface area contributed by atoms with Gasteiger partial charge in [-0.15, -0.1) is 0 Å². The van der Waals surface area contributed by atoms with Gasteiger partial charge in [0, 0.05) is 16.1 Å². The molecule has 0 aliphatic carbocycles. The van der Waals surface area contributed by atoms with E-state index in [9.17, 15) is 4.79 Å². The van der Waals surface area contributed by atoms with Gasteiger partial charge in [-0.2, -0.15) is 5.10 Å². The second-order valence-corrected chi connectivity index (χ2v) is 5.55. The molecule has 0 fully saturated rings. The van der Waals surface area contributed by atoms with Crippen LogP contribution < -0.4 is 5.43 Å². The Morgan fingerprint density at radius 2 is 1.57 bits per heavy atom. The van der Waals surface area contributed by atoms with Crippen molar-refractivity contribution in [3.05, 3.63) is 82.9 Å². The number of halogens is 1. The van der Waals surface area contributed by atoms with Crippen LogP contribution in [0.1, 0.15) is 22.8 Å². The van der Waals surface area contributed by atoms with Crippen molar-refractivity contribution in [2.45, 2.75) is 6.92 Å². The molecule has 0 bridgehead atoms. The molecule has 4 heteroatoms. The monoisotopic (exact) mass is 322 g/mol. The number of amides is 1. The molecule has 0 aromatic heterocycles. The summed E-state index contributed by atoms with van der Waals surface area (Å²) in [4.78, 5) is 12.4. The van der Waals surface area contributed by atoms with E-state index in [-0.39, 0.29) is 5.91 Å².